The molecule has 0 spiro atoms. The molecule has 5 heteroatoms. The fourth-order valence-corrected chi connectivity index (χ4v) is 3.06. The van der Waals surface area contributed by atoms with E-state index in [9.17, 15) is 4.79 Å². The number of hydrogen-bond acceptors (Lipinski definition) is 3. The van der Waals surface area contributed by atoms with Gasteiger partial charge < -0.3 is 15.0 Å². The maximum absolute atomic E-state index is 12.8. The number of carbonyl (C=O) groups excluding carboxylic acids is 1. The van der Waals surface area contributed by atoms with E-state index in [-0.39, 0.29) is 5.91 Å². The topological polar surface area (TPSA) is 41.6 Å². The number of carbonyl (C=O) groups is 1. The van der Waals surface area contributed by atoms with Gasteiger partial charge in [-0.1, -0.05) is 23.7 Å². The third-order valence-electron chi connectivity index (χ3n) is 4.33. The fourth-order valence-electron chi connectivity index (χ4n) is 2.93. The molecule has 1 amide bonds. The Hall–Kier alpha value is -2.20. The Balaban J connectivity index is 1.73. The zero-order chi connectivity index (χ0) is 17.9. The maximum Gasteiger partial charge on any atom is 0.268 e. The van der Waals surface area contributed by atoms with Crippen molar-refractivity contribution in [2.45, 2.75) is 32.3 Å². The molecule has 4 nitrogen and oxygen atoms in total. The van der Waals surface area contributed by atoms with E-state index in [2.05, 4.69) is 10.2 Å². The third-order valence-corrected chi connectivity index (χ3v) is 4.58. The van der Waals surface area contributed by atoms with Gasteiger partial charge in [0.15, 0.2) is 5.60 Å². The Morgan fingerprint density at radius 3 is 2.40 bits per heavy atom. The summed E-state index contributed by atoms with van der Waals surface area (Å²) in [5, 5.41) is 3.66. The summed E-state index contributed by atoms with van der Waals surface area (Å²) < 4.78 is 5.87. The second-order valence-corrected chi connectivity index (χ2v) is 7.17. The van der Waals surface area contributed by atoms with Crippen LogP contribution in [-0.2, 0) is 4.79 Å². The molecular formula is C20H23ClN2O2. The first-order valence-corrected chi connectivity index (χ1v) is 8.93. The molecule has 1 N–H and O–H groups in total. The summed E-state index contributed by atoms with van der Waals surface area (Å²) in [7, 11) is 0. The first-order valence-electron chi connectivity index (χ1n) is 8.56. The molecule has 1 aliphatic heterocycles. The molecule has 0 aromatic heterocycles. The molecule has 0 aliphatic carbocycles. The number of halogens is 1. The van der Waals surface area contributed by atoms with Gasteiger partial charge in [-0.15, -0.1) is 0 Å². The lowest BCUT2D eigenvalue weighted by Crippen LogP contribution is -2.42. The Labute approximate surface area is 153 Å². The third kappa shape index (κ3) is 4.26. The van der Waals surface area contributed by atoms with E-state index in [0.29, 0.717) is 10.8 Å². The fraction of sp³-hybridized carbons (Fsp3) is 0.350. The van der Waals surface area contributed by atoms with Crippen LogP contribution in [0, 0.1) is 0 Å². The molecule has 1 fully saturated rings. The normalized spacial score (nSPS) is 14.4. The Kier molecular flexibility index (Phi) is 5.19. The van der Waals surface area contributed by atoms with E-state index in [0.717, 1.165) is 24.5 Å². The molecule has 0 radical (unpaired) electrons. The predicted molar refractivity (Wildman–Crippen MR) is 103 cm³/mol. The van der Waals surface area contributed by atoms with E-state index in [1.807, 2.05) is 24.3 Å². The van der Waals surface area contributed by atoms with E-state index in [1.165, 1.54) is 12.8 Å². The monoisotopic (exact) mass is 358 g/mol. The number of rotatable bonds is 5. The zero-order valence-electron chi connectivity index (χ0n) is 14.6. The number of para-hydroxylation sites is 2. The summed E-state index contributed by atoms with van der Waals surface area (Å²) in [5.74, 6) is 0.423. The van der Waals surface area contributed by atoms with Crippen LogP contribution < -0.4 is 15.0 Å². The van der Waals surface area contributed by atoms with Crippen LogP contribution in [0.15, 0.2) is 48.5 Å². The highest BCUT2D eigenvalue weighted by Crippen LogP contribution is 2.30. The van der Waals surface area contributed by atoms with Crippen molar-refractivity contribution in [3.63, 3.8) is 0 Å². The molecule has 2 aromatic rings. The molecule has 132 valence electrons. The molecule has 25 heavy (non-hydrogen) atoms. The van der Waals surface area contributed by atoms with Crippen LogP contribution in [0.2, 0.25) is 5.02 Å². The van der Waals surface area contributed by atoms with E-state index in [1.54, 1.807) is 38.1 Å². The van der Waals surface area contributed by atoms with Crippen LogP contribution in [0.3, 0.4) is 0 Å². The van der Waals surface area contributed by atoms with Crippen molar-refractivity contribution in [2.24, 2.45) is 0 Å². The first-order chi connectivity index (χ1) is 12.0. The molecule has 0 saturated carbocycles. The molecule has 1 heterocycles. The number of anilines is 2. The summed E-state index contributed by atoms with van der Waals surface area (Å²) in [6.45, 7) is 5.57. The summed E-state index contributed by atoms with van der Waals surface area (Å²) in [4.78, 5) is 15.1. The SMILES string of the molecule is CC(C)(Oc1ccc(Cl)cc1)C(=O)Nc1ccccc1N1CCCC1. The summed E-state index contributed by atoms with van der Waals surface area (Å²) >= 11 is 5.89. The molecule has 0 unspecified atom stereocenters. The Morgan fingerprint density at radius 1 is 1.08 bits per heavy atom. The minimum absolute atomic E-state index is 0.186. The van der Waals surface area contributed by atoms with Gasteiger partial charge in [0.05, 0.1) is 11.4 Å². The maximum atomic E-state index is 12.8. The van der Waals surface area contributed by atoms with Crippen molar-refractivity contribution >= 4 is 28.9 Å². The number of nitrogens with one attached hydrogen (secondary N) is 1. The van der Waals surface area contributed by atoms with Gasteiger partial charge in [0.2, 0.25) is 0 Å². The lowest BCUT2D eigenvalue weighted by molar-refractivity contribution is -0.128. The van der Waals surface area contributed by atoms with Crippen molar-refractivity contribution < 1.29 is 9.53 Å². The second kappa shape index (κ2) is 7.36. The van der Waals surface area contributed by atoms with Crippen molar-refractivity contribution in [1.82, 2.24) is 0 Å². The molecule has 0 bridgehead atoms. The summed E-state index contributed by atoms with van der Waals surface area (Å²) in [5.41, 5.74) is 0.879. The molecule has 3 rings (SSSR count). The average Bonchev–Trinajstić information content (AvgIpc) is 3.11. The van der Waals surface area contributed by atoms with Crippen LogP contribution in [-0.4, -0.2) is 24.6 Å². The van der Waals surface area contributed by atoms with Crippen LogP contribution >= 0.6 is 11.6 Å². The quantitative estimate of drug-likeness (QED) is 0.839. The van der Waals surface area contributed by atoms with Crippen LogP contribution in [0.1, 0.15) is 26.7 Å². The average molecular weight is 359 g/mol. The summed E-state index contributed by atoms with van der Waals surface area (Å²) in [6.07, 6.45) is 2.38. The number of nitrogens with zero attached hydrogens (tertiary/aromatic N) is 1. The van der Waals surface area contributed by atoms with Crippen LogP contribution in [0.25, 0.3) is 0 Å². The van der Waals surface area contributed by atoms with Gasteiger partial charge in [-0.25, -0.2) is 0 Å². The highest BCUT2D eigenvalue weighted by molar-refractivity contribution is 6.30. The van der Waals surface area contributed by atoms with Gasteiger partial charge in [0.25, 0.3) is 5.91 Å². The smallest absolute Gasteiger partial charge is 0.268 e. The van der Waals surface area contributed by atoms with Gasteiger partial charge in [-0.2, -0.15) is 0 Å². The van der Waals surface area contributed by atoms with Crippen molar-refractivity contribution in [2.75, 3.05) is 23.3 Å². The highest BCUT2D eigenvalue weighted by Gasteiger charge is 2.31. The predicted octanol–water partition coefficient (Wildman–Crippen LogP) is 4.74. The van der Waals surface area contributed by atoms with Crippen molar-refractivity contribution in [3.8, 4) is 5.75 Å². The van der Waals surface area contributed by atoms with Crippen LogP contribution in [0.5, 0.6) is 5.75 Å². The minimum atomic E-state index is -1.01. The Morgan fingerprint density at radius 2 is 1.72 bits per heavy atom. The Bertz CT molecular complexity index is 738. The highest BCUT2D eigenvalue weighted by atomic mass is 35.5. The number of ether oxygens (including phenoxy) is 1. The van der Waals surface area contributed by atoms with E-state index < -0.39 is 5.60 Å². The zero-order valence-corrected chi connectivity index (χ0v) is 15.3. The van der Waals surface area contributed by atoms with E-state index in [4.69, 9.17) is 16.3 Å². The summed E-state index contributed by atoms with van der Waals surface area (Å²) in [6, 6.07) is 14.9. The van der Waals surface area contributed by atoms with Gasteiger partial charge in [0.1, 0.15) is 5.75 Å². The molecular weight excluding hydrogens is 336 g/mol. The molecule has 1 saturated heterocycles. The molecule has 0 atom stereocenters. The van der Waals surface area contributed by atoms with E-state index >= 15 is 0 Å². The van der Waals surface area contributed by atoms with Crippen molar-refractivity contribution in [3.05, 3.63) is 53.6 Å². The molecule has 2 aromatic carbocycles. The standard InChI is InChI=1S/C20H23ClN2O2/c1-20(2,25-16-11-9-15(21)10-12-16)19(24)22-17-7-3-4-8-18(17)23-13-5-6-14-23/h3-4,7-12H,5-6,13-14H2,1-2H3,(H,22,24). The first kappa shape index (κ1) is 17.6. The van der Waals surface area contributed by atoms with Crippen molar-refractivity contribution in [1.29, 1.82) is 0 Å². The molecule has 1 aliphatic rings. The van der Waals surface area contributed by atoms with Gasteiger partial charge >= 0.3 is 0 Å². The van der Waals surface area contributed by atoms with Gasteiger partial charge in [0, 0.05) is 18.1 Å². The number of hydrogen-bond donors (Lipinski definition) is 1. The van der Waals surface area contributed by atoms with Gasteiger partial charge in [-0.05, 0) is 63.1 Å². The van der Waals surface area contributed by atoms with Gasteiger partial charge in [-0.3, -0.25) is 4.79 Å². The lowest BCUT2D eigenvalue weighted by Gasteiger charge is -2.27. The number of benzene rings is 2. The largest absolute Gasteiger partial charge is 0.478 e. The lowest BCUT2D eigenvalue weighted by atomic mass is 10.1. The minimum Gasteiger partial charge on any atom is -0.478 e. The number of amides is 1. The second-order valence-electron chi connectivity index (χ2n) is 6.73. The van der Waals surface area contributed by atoms with Crippen LogP contribution in [0.4, 0.5) is 11.4 Å².